The first-order valence-electron chi connectivity index (χ1n) is 9.23. The van der Waals surface area contributed by atoms with Crippen LogP contribution in [0.15, 0.2) is 33.5 Å². The number of ether oxygens (including phenoxy) is 1. The number of aryl methyl sites for hydroxylation is 3. The molecule has 0 bridgehead atoms. The minimum absolute atomic E-state index is 0.0579. The maximum absolute atomic E-state index is 12.5. The van der Waals surface area contributed by atoms with E-state index in [2.05, 4.69) is 6.92 Å². The molecule has 4 nitrogen and oxygen atoms in total. The molecule has 0 amide bonds. The number of carbonyl (C=O) groups excluding carboxylic acids is 1. The molecule has 0 saturated carbocycles. The fourth-order valence-electron chi connectivity index (χ4n) is 3.62. The molecule has 0 N–H and O–H groups in total. The van der Waals surface area contributed by atoms with Crippen LogP contribution >= 0.6 is 11.3 Å². The summed E-state index contributed by atoms with van der Waals surface area (Å²) in [5.41, 5.74) is 4.20. The minimum atomic E-state index is -0.433. The Balaban J connectivity index is 1.57. The number of carbonyl (C=O) groups is 1. The monoisotopic (exact) mass is 382 g/mol. The van der Waals surface area contributed by atoms with E-state index in [9.17, 15) is 9.59 Å². The highest BCUT2D eigenvalue weighted by Gasteiger charge is 2.21. The van der Waals surface area contributed by atoms with Gasteiger partial charge < -0.3 is 9.15 Å². The Kier molecular flexibility index (Phi) is 4.64. The third-order valence-corrected chi connectivity index (χ3v) is 6.55. The lowest BCUT2D eigenvalue weighted by molar-refractivity contribution is 0.0479. The predicted octanol–water partition coefficient (Wildman–Crippen LogP) is 4.95. The number of benzene rings is 1. The second kappa shape index (κ2) is 6.97. The summed E-state index contributed by atoms with van der Waals surface area (Å²) < 4.78 is 10.8. The van der Waals surface area contributed by atoms with E-state index in [-0.39, 0.29) is 12.6 Å². The fraction of sp³-hybridized carbons (Fsp3) is 0.364. The van der Waals surface area contributed by atoms with E-state index >= 15 is 0 Å². The molecule has 27 heavy (non-hydrogen) atoms. The fourth-order valence-corrected chi connectivity index (χ4v) is 4.73. The molecular weight excluding hydrogens is 360 g/mol. The lowest BCUT2D eigenvalue weighted by Crippen LogP contribution is -2.08. The first-order chi connectivity index (χ1) is 12.9. The second-order valence-corrected chi connectivity index (χ2v) is 8.64. The highest BCUT2D eigenvalue weighted by molar-refractivity contribution is 7.14. The lowest BCUT2D eigenvalue weighted by atomic mass is 9.90. The summed E-state index contributed by atoms with van der Waals surface area (Å²) in [4.78, 5) is 26.4. The Morgan fingerprint density at radius 1 is 1.22 bits per heavy atom. The van der Waals surface area contributed by atoms with Crippen LogP contribution in [0, 0.1) is 19.8 Å². The molecule has 0 spiro atoms. The van der Waals surface area contributed by atoms with Crippen molar-refractivity contribution in [2.45, 2.75) is 46.6 Å². The first-order valence-corrected chi connectivity index (χ1v) is 10.0. The van der Waals surface area contributed by atoms with E-state index in [0.717, 1.165) is 29.4 Å². The molecule has 140 valence electrons. The van der Waals surface area contributed by atoms with Gasteiger partial charge in [0, 0.05) is 21.9 Å². The summed E-state index contributed by atoms with van der Waals surface area (Å²) in [7, 11) is 0. The van der Waals surface area contributed by atoms with E-state index in [1.165, 1.54) is 34.3 Å². The van der Waals surface area contributed by atoms with Crippen molar-refractivity contribution in [1.82, 2.24) is 0 Å². The smallest absolute Gasteiger partial charge is 0.348 e. The average molecular weight is 382 g/mol. The number of rotatable bonds is 3. The van der Waals surface area contributed by atoms with Gasteiger partial charge in [-0.05, 0) is 73.9 Å². The number of esters is 1. The Morgan fingerprint density at radius 2 is 2.00 bits per heavy atom. The molecule has 0 radical (unpaired) electrons. The van der Waals surface area contributed by atoms with Gasteiger partial charge in [-0.2, -0.15) is 0 Å². The van der Waals surface area contributed by atoms with E-state index in [1.54, 1.807) is 0 Å². The minimum Gasteiger partial charge on any atom is -0.457 e. The van der Waals surface area contributed by atoms with Gasteiger partial charge in [0.25, 0.3) is 0 Å². The molecule has 5 heteroatoms. The normalized spacial score (nSPS) is 16.3. The Hall–Kier alpha value is -2.40. The van der Waals surface area contributed by atoms with Gasteiger partial charge in [0.15, 0.2) is 0 Å². The molecule has 2 heterocycles. The topological polar surface area (TPSA) is 56.5 Å². The zero-order valence-corrected chi connectivity index (χ0v) is 16.6. The number of thiophene rings is 1. The van der Waals surface area contributed by atoms with Crippen molar-refractivity contribution >= 4 is 28.3 Å². The van der Waals surface area contributed by atoms with Gasteiger partial charge in [0.05, 0.1) is 0 Å². The van der Waals surface area contributed by atoms with Gasteiger partial charge in [0.2, 0.25) is 0 Å². The third kappa shape index (κ3) is 3.56. The largest absolute Gasteiger partial charge is 0.457 e. The van der Waals surface area contributed by atoms with E-state index in [4.69, 9.17) is 9.15 Å². The van der Waals surface area contributed by atoms with E-state index < -0.39 is 5.63 Å². The highest BCUT2D eigenvalue weighted by Crippen LogP contribution is 2.32. The van der Waals surface area contributed by atoms with Gasteiger partial charge in [-0.25, -0.2) is 9.59 Å². The van der Waals surface area contributed by atoms with Crippen molar-refractivity contribution in [2.24, 2.45) is 5.92 Å². The number of hydrogen-bond acceptors (Lipinski definition) is 5. The Morgan fingerprint density at radius 3 is 2.81 bits per heavy atom. The van der Waals surface area contributed by atoms with E-state index in [0.29, 0.717) is 21.9 Å². The van der Waals surface area contributed by atoms with Crippen molar-refractivity contribution in [2.75, 3.05) is 0 Å². The van der Waals surface area contributed by atoms with Gasteiger partial charge in [-0.15, -0.1) is 11.3 Å². The molecular formula is C22H22O4S. The van der Waals surface area contributed by atoms with Crippen molar-refractivity contribution < 1.29 is 13.9 Å². The molecule has 0 aliphatic heterocycles. The van der Waals surface area contributed by atoms with Crippen LogP contribution in [-0.2, 0) is 24.2 Å². The zero-order chi connectivity index (χ0) is 19.1. The summed E-state index contributed by atoms with van der Waals surface area (Å²) in [6.45, 7) is 6.28. The molecule has 0 fully saturated rings. The predicted molar refractivity (Wildman–Crippen MR) is 107 cm³/mol. The van der Waals surface area contributed by atoms with Gasteiger partial charge >= 0.3 is 11.6 Å². The van der Waals surface area contributed by atoms with Crippen LogP contribution in [0.3, 0.4) is 0 Å². The lowest BCUT2D eigenvalue weighted by Gasteiger charge is -2.16. The van der Waals surface area contributed by atoms with Crippen molar-refractivity contribution in [1.29, 1.82) is 0 Å². The van der Waals surface area contributed by atoms with Crippen LogP contribution in [0.2, 0.25) is 0 Å². The molecule has 1 atom stereocenters. The van der Waals surface area contributed by atoms with Crippen molar-refractivity contribution in [3.63, 3.8) is 0 Å². The van der Waals surface area contributed by atoms with Crippen LogP contribution in [0.4, 0.5) is 0 Å². The van der Waals surface area contributed by atoms with Gasteiger partial charge in [-0.1, -0.05) is 6.92 Å². The summed E-state index contributed by atoms with van der Waals surface area (Å²) in [5, 5.41) is 0.810. The summed E-state index contributed by atoms with van der Waals surface area (Å²) in [6.07, 6.45) is 3.24. The molecule has 0 unspecified atom stereocenters. The molecule has 1 aliphatic rings. The Labute approximate surface area is 161 Å². The van der Waals surface area contributed by atoms with Crippen LogP contribution in [0.5, 0.6) is 0 Å². The maximum Gasteiger partial charge on any atom is 0.348 e. The number of fused-ring (bicyclic) bond motifs is 2. The third-order valence-electron chi connectivity index (χ3n) is 5.33. The molecule has 1 aliphatic carbocycles. The maximum atomic E-state index is 12.5. The molecule has 3 aromatic rings. The van der Waals surface area contributed by atoms with Crippen LogP contribution < -0.4 is 5.63 Å². The zero-order valence-electron chi connectivity index (χ0n) is 15.8. The SMILES string of the molecule is Cc1cc2oc(=O)cc(COC(=O)c3cc4c(s3)CC[C@H](C)C4)c2cc1C. The second-order valence-electron chi connectivity index (χ2n) is 7.51. The standard InChI is InChI=1S/C22H22O4S/c1-12-4-5-19-15(6-12)9-20(27-19)22(24)25-11-16-10-21(23)26-18-8-14(3)13(2)7-17(16)18/h7-10,12H,4-6,11H2,1-3H3/t12-/m0/s1. The summed E-state index contributed by atoms with van der Waals surface area (Å²) in [6, 6.07) is 7.21. The van der Waals surface area contributed by atoms with Crippen LogP contribution in [0.25, 0.3) is 11.0 Å². The number of hydrogen-bond donors (Lipinski definition) is 0. The molecule has 4 rings (SSSR count). The summed E-state index contributed by atoms with van der Waals surface area (Å²) >= 11 is 1.54. The highest BCUT2D eigenvalue weighted by atomic mass is 32.1. The average Bonchev–Trinajstić information content (AvgIpc) is 3.04. The molecule has 0 saturated heterocycles. The Bertz CT molecular complexity index is 1090. The first kappa shape index (κ1) is 18.0. The van der Waals surface area contributed by atoms with Gasteiger partial charge in [0.1, 0.15) is 17.1 Å². The molecule has 2 aromatic heterocycles. The molecule has 1 aromatic carbocycles. The quantitative estimate of drug-likeness (QED) is 0.475. The summed E-state index contributed by atoms with van der Waals surface area (Å²) in [5.74, 6) is 0.338. The van der Waals surface area contributed by atoms with Crippen molar-refractivity contribution in [3.8, 4) is 0 Å². The van der Waals surface area contributed by atoms with Gasteiger partial charge in [-0.3, -0.25) is 0 Å². The van der Waals surface area contributed by atoms with E-state index in [1.807, 2.05) is 32.0 Å². The van der Waals surface area contributed by atoms with Crippen LogP contribution in [-0.4, -0.2) is 5.97 Å². The van der Waals surface area contributed by atoms with Crippen molar-refractivity contribution in [3.05, 3.63) is 66.7 Å². The van der Waals surface area contributed by atoms with Crippen LogP contribution in [0.1, 0.15) is 50.1 Å².